The average Bonchev–Trinajstić information content (AvgIpc) is 2.29. The summed E-state index contributed by atoms with van der Waals surface area (Å²) < 4.78 is 0. The zero-order valence-electron chi connectivity index (χ0n) is 6.04. The summed E-state index contributed by atoms with van der Waals surface area (Å²) in [6, 6.07) is 0. The Balaban J connectivity index is 1.96. The lowest BCUT2D eigenvalue weighted by Crippen LogP contribution is -2.48. The van der Waals surface area contributed by atoms with Crippen LogP contribution in [0.5, 0.6) is 0 Å². The van der Waals surface area contributed by atoms with Gasteiger partial charge in [0.1, 0.15) is 5.60 Å². The van der Waals surface area contributed by atoms with Crippen molar-refractivity contribution in [1.82, 2.24) is 5.48 Å². The van der Waals surface area contributed by atoms with E-state index in [9.17, 15) is 4.79 Å². The topological polar surface area (TPSA) is 64.4 Å². The van der Waals surface area contributed by atoms with Crippen molar-refractivity contribution in [3.8, 4) is 0 Å². The molecule has 0 radical (unpaired) electrons. The van der Waals surface area contributed by atoms with Gasteiger partial charge in [-0.15, -0.1) is 0 Å². The van der Waals surface area contributed by atoms with Gasteiger partial charge in [0, 0.05) is 12.1 Å². The van der Waals surface area contributed by atoms with Gasteiger partial charge in [-0.05, 0) is 18.9 Å². The van der Waals surface area contributed by atoms with E-state index in [0.717, 1.165) is 0 Å². The lowest BCUT2D eigenvalue weighted by molar-refractivity contribution is -0.144. The van der Waals surface area contributed by atoms with Crippen molar-refractivity contribution in [3.05, 3.63) is 12.3 Å². The Labute approximate surface area is 64.3 Å². The number of nitrogens with two attached hydrogens (primary N) is 1. The first kappa shape index (κ1) is 6.67. The first-order valence-corrected chi connectivity index (χ1v) is 3.62. The zero-order valence-corrected chi connectivity index (χ0v) is 6.04. The van der Waals surface area contributed by atoms with Gasteiger partial charge in [0.25, 0.3) is 0 Å². The van der Waals surface area contributed by atoms with Crippen LogP contribution in [0.2, 0.25) is 0 Å². The molecule has 1 saturated carbocycles. The highest BCUT2D eigenvalue weighted by Gasteiger charge is 2.48. The van der Waals surface area contributed by atoms with E-state index in [1.54, 1.807) is 6.20 Å². The Morgan fingerprint density at radius 3 is 2.91 bits per heavy atom. The second-order valence-electron chi connectivity index (χ2n) is 3.13. The quantitative estimate of drug-likeness (QED) is 0.543. The number of amides is 1. The molecule has 0 bridgehead atoms. The van der Waals surface area contributed by atoms with E-state index in [1.165, 1.54) is 0 Å². The number of carbonyl (C=O) groups is 1. The normalized spacial score (nSPS) is 40.2. The van der Waals surface area contributed by atoms with Crippen molar-refractivity contribution in [1.29, 1.82) is 0 Å². The number of primary amides is 1. The molecule has 0 aromatic rings. The van der Waals surface area contributed by atoms with E-state index in [0.29, 0.717) is 12.8 Å². The highest BCUT2D eigenvalue weighted by atomic mass is 16.7. The Kier molecular flexibility index (Phi) is 1.20. The Morgan fingerprint density at radius 1 is 1.73 bits per heavy atom. The second kappa shape index (κ2) is 1.98. The van der Waals surface area contributed by atoms with Crippen molar-refractivity contribution < 1.29 is 9.63 Å². The fraction of sp³-hybridized carbons (Fsp3) is 0.571. The fourth-order valence-corrected chi connectivity index (χ4v) is 1.57. The lowest BCUT2D eigenvalue weighted by atomic mass is 9.71. The van der Waals surface area contributed by atoms with E-state index in [1.807, 2.05) is 6.08 Å². The largest absolute Gasteiger partial charge is 0.369 e. The minimum atomic E-state index is -0.223. The van der Waals surface area contributed by atoms with Crippen LogP contribution in [0.3, 0.4) is 0 Å². The van der Waals surface area contributed by atoms with Crippen LogP contribution in [0.25, 0.3) is 0 Å². The van der Waals surface area contributed by atoms with E-state index >= 15 is 0 Å². The summed E-state index contributed by atoms with van der Waals surface area (Å²) in [7, 11) is 0. The van der Waals surface area contributed by atoms with Crippen molar-refractivity contribution in [3.63, 3.8) is 0 Å². The summed E-state index contributed by atoms with van der Waals surface area (Å²) >= 11 is 0. The SMILES string of the molecule is NC(=O)C1CC2(C=CNO2)C1. The number of hydroxylamine groups is 1. The van der Waals surface area contributed by atoms with E-state index < -0.39 is 0 Å². The number of nitrogens with one attached hydrogen (secondary N) is 1. The van der Waals surface area contributed by atoms with Gasteiger partial charge in [0.05, 0.1) is 0 Å². The van der Waals surface area contributed by atoms with Crippen LogP contribution < -0.4 is 11.2 Å². The number of hydrogen-bond donors (Lipinski definition) is 2. The van der Waals surface area contributed by atoms with Gasteiger partial charge in [-0.3, -0.25) is 15.1 Å². The van der Waals surface area contributed by atoms with Crippen LogP contribution in [0.4, 0.5) is 0 Å². The number of rotatable bonds is 1. The number of carbonyl (C=O) groups excluding carboxylic acids is 1. The maximum Gasteiger partial charge on any atom is 0.220 e. The maximum absolute atomic E-state index is 10.6. The molecular weight excluding hydrogens is 144 g/mol. The van der Waals surface area contributed by atoms with E-state index in [2.05, 4.69) is 5.48 Å². The molecule has 0 saturated heterocycles. The second-order valence-corrected chi connectivity index (χ2v) is 3.13. The van der Waals surface area contributed by atoms with Crippen LogP contribution in [0, 0.1) is 5.92 Å². The molecule has 0 atom stereocenters. The van der Waals surface area contributed by atoms with Crippen molar-refractivity contribution in [2.45, 2.75) is 18.4 Å². The summed E-state index contributed by atoms with van der Waals surface area (Å²) in [4.78, 5) is 15.8. The van der Waals surface area contributed by atoms with Gasteiger partial charge in [-0.25, -0.2) is 0 Å². The molecule has 1 spiro atoms. The van der Waals surface area contributed by atoms with Crippen molar-refractivity contribution in [2.75, 3.05) is 0 Å². The summed E-state index contributed by atoms with van der Waals surface area (Å²) in [6.07, 6.45) is 5.11. The molecule has 1 amide bonds. The summed E-state index contributed by atoms with van der Waals surface area (Å²) in [6.45, 7) is 0. The average molecular weight is 154 g/mol. The van der Waals surface area contributed by atoms with Crippen LogP contribution in [0.15, 0.2) is 12.3 Å². The summed E-state index contributed by atoms with van der Waals surface area (Å²) in [5.74, 6) is -0.223. The third-order valence-electron chi connectivity index (χ3n) is 2.30. The molecule has 0 aromatic carbocycles. The molecule has 11 heavy (non-hydrogen) atoms. The summed E-state index contributed by atoms with van der Waals surface area (Å²) in [5, 5.41) is 0. The summed E-state index contributed by atoms with van der Waals surface area (Å²) in [5.41, 5.74) is 7.53. The van der Waals surface area contributed by atoms with Gasteiger partial charge in [0.2, 0.25) is 5.91 Å². The van der Waals surface area contributed by atoms with Crippen LogP contribution in [-0.4, -0.2) is 11.5 Å². The van der Waals surface area contributed by atoms with Gasteiger partial charge < -0.3 is 5.73 Å². The lowest BCUT2D eigenvalue weighted by Gasteiger charge is -2.39. The van der Waals surface area contributed by atoms with Crippen molar-refractivity contribution >= 4 is 5.91 Å². The van der Waals surface area contributed by atoms with Crippen LogP contribution in [0.1, 0.15) is 12.8 Å². The Morgan fingerprint density at radius 2 is 2.45 bits per heavy atom. The van der Waals surface area contributed by atoms with E-state index in [-0.39, 0.29) is 17.4 Å². The minimum absolute atomic E-state index is 0.000417. The van der Waals surface area contributed by atoms with E-state index in [4.69, 9.17) is 10.6 Å². The molecule has 0 unspecified atom stereocenters. The molecule has 1 heterocycles. The Hall–Kier alpha value is -1.03. The molecule has 1 aliphatic carbocycles. The minimum Gasteiger partial charge on any atom is -0.369 e. The molecule has 1 fully saturated rings. The molecule has 4 heteroatoms. The van der Waals surface area contributed by atoms with Gasteiger partial charge >= 0.3 is 0 Å². The van der Waals surface area contributed by atoms with Gasteiger partial charge in [-0.1, -0.05) is 0 Å². The molecule has 0 aromatic heterocycles. The standard InChI is InChI=1S/C7H10N2O2/c8-6(10)5-3-7(4-5)1-2-9-11-7/h1-2,5,9H,3-4H2,(H2,8,10). The predicted octanol–water partition coefficient (Wildman–Crippen LogP) is -0.331. The molecule has 2 aliphatic rings. The predicted molar refractivity (Wildman–Crippen MR) is 38.0 cm³/mol. The number of hydrogen-bond acceptors (Lipinski definition) is 3. The molecule has 3 N–H and O–H groups in total. The zero-order chi connectivity index (χ0) is 7.90. The molecular formula is C7H10N2O2. The highest BCUT2D eigenvalue weighted by Crippen LogP contribution is 2.42. The first-order chi connectivity index (χ1) is 5.22. The highest BCUT2D eigenvalue weighted by molar-refractivity contribution is 5.78. The third kappa shape index (κ3) is 0.903. The van der Waals surface area contributed by atoms with Crippen LogP contribution in [-0.2, 0) is 9.63 Å². The fourth-order valence-electron chi connectivity index (χ4n) is 1.57. The first-order valence-electron chi connectivity index (χ1n) is 3.62. The Bertz CT molecular complexity index is 218. The van der Waals surface area contributed by atoms with Gasteiger partial charge in [0.15, 0.2) is 0 Å². The molecule has 1 aliphatic heterocycles. The third-order valence-corrected chi connectivity index (χ3v) is 2.30. The molecule has 4 nitrogen and oxygen atoms in total. The maximum atomic E-state index is 10.6. The molecule has 2 rings (SSSR count). The van der Waals surface area contributed by atoms with Crippen molar-refractivity contribution in [2.24, 2.45) is 11.7 Å². The smallest absolute Gasteiger partial charge is 0.220 e. The molecule has 60 valence electrons. The van der Waals surface area contributed by atoms with Gasteiger partial charge in [-0.2, -0.15) is 0 Å². The van der Waals surface area contributed by atoms with Crippen LogP contribution >= 0.6 is 0 Å². The monoisotopic (exact) mass is 154 g/mol.